The number of rotatable bonds is 6. The Kier molecular flexibility index (Phi) is 5.63. The zero-order chi connectivity index (χ0) is 12.7. The van der Waals surface area contributed by atoms with Gasteiger partial charge in [-0.3, -0.25) is 9.78 Å². The molecular formula is C13H21N3O. The molecule has 1 aromatic heterocycles. The molecular weight excluding hydrogens is 214 g/mol. The summed E-state index contributed by atoms with van der Waals surface area (Å²) in [6, 6.07) is 3.77. The first-order chi connectivity index (χ1) is 8.11. The lowest BCUT2D eigenvalue weighted by Gasteiger charge is -2.18. The van der Waals surface area contributed by atoms with Gasteiger partial charge in [0.05, 0.1) is 6.42 Å². The summed E-state index contributed by atoms with van der Waals surface area (Å²) in [5.41, 5.74) is 6.61. The van der Waals surface area contributed by atoms with Crippen molar-refractivity contribution < 1.29 is 4.79 Å². The maximum atomic E-state index is 11.8. The number of nitrogens with zero attached hydrogens (tertiary/aromatic N) is 1. The third kappa shape index (κ3) is 5.45. The van der Waals surface area contributed by atoms with E-state index in [9.17, 15) is 4.79 Å². The fraction of sp³-hybridized carbons (Fsp3) is 0.538. The fourth-order valence-corrected chi connectivity index (χ4v) is 1.75. The number of amides is 1. The van der Waals surface area contributed by atoms with Crippen molar-refractivity contribution in [3.8, 4) is 0 Å². The number of pyridine rings is 1. The number of carbonyl (C=O) groups is 1. The Hall–Kier alpha value is -1.42. The molecule has 0 bridgehead atoms. The normalized spacial score (nSPS) is 12.5. The van der Waals surface area contributed by atoms with Crippen molar-refractivity contribution in [2.24, 2.45) is 11.7 Å². The van der Waals surface area contributed by atoms with Crippen LogP contribution in [-0.4, -0.2) is 23.5 Å². The van der Waals surface area contributed by atoms with E-state index in [2.05, 4.69) is 24.1 Å². The molecule has 1 rings (SSSR count). The molecule has 0 fully saturated rings. The number of nitrogens with two attached hydrogens (primary N) is 1. The van der Waals surface area contributed by atoms with Gasteiger partial charge in [-0.1, -0.05) is 13.8 Å². The molecule has 1 aromatic rings. The highest BCUT2D eigenvalue weighted by Gasteiger charge is 2.12. The predicted octanol–water partition coefficient (Wildman–Crippen LogP) is 1.11. The van der Waals surface area contributed by atoms with Crippen molar-refractivity contribution in [3.05, 3.63) is 30.1 Å². The second kappa shape index (κ2) is 7.01. The first-order valence-corrected chi connectivity index (χ1v) is 6.00. The van der Waals surface area contributed by atoms with Crippen molar-refractivity contribution in [3.63, 3.8) is 0 Å². The van der Waals surface area contributed by atoms with Gasteiger partial charge < -0.3 is 11.1 Å². The molecule has 94 valence electrons. The largest absolute Gasteiger partial charge is 0.352 e. The lowest BCUT2D eigenvalue weighted by Crippen LogP contribution is -2.41. The second-order valence-electron chi connectivity index (χ2n) is 4.66. The molecule has 0 saturated carbocycles. The second-order valence-corrected chi connectivity index (χ2v) is 4.66. The van der Waals surface area contributed by atoms with Gasteiger partial charge in [-0.15, -0.1) is 0 Å². The molecule has 0 radical (unpaired) electrons. The Morgan fingerprint density at radius 1 is 1.41 bits per heavy atom. The molecule has 1 atom stereocenters. The Labute approximate surface area is 103 Å². The third-order valence-electron chi connectivity index (χ3n) is 2.52. The van der Waals surface area contributed by atoms with Gasteiger partial charge in [0.1, 0.15) is 0 Å². The minimum absolute atomic E-state index is 0.0206. The SMILES string of the molecule is CC(C)CC(CN)NC(=O)Cc1ccncc1. The molecule has 4 heteroatoms. The number of hydrogen-bond acceptors (Lipinski definition) is 3. The van der Waals surface area contributed by atoms with Crippen LogP contribution in [0.4, 0.5) is 0 Å². The average molecular weight is 235 g/mol. The smallest absolute Gasteiger partial charge is 0.224 e. The third-order valence-corrected chi connectivity index (χ3v) is 2.52. The molecule has 1 amide bonds. The van der Waals surface area contributed by atoms with E-state index in [0.717, 1.165) is 12.0 Å². The van der Waals surface area contributed by atoms with Gasteiger partial charge >= 0.3 is 0 Å². The van der Waals surface area contributed by atoms with Gasteiger partial charge in [0, 0.05) is 25.0 Å². The van der Waals surface area contributed by atoms with E-state index in [1.54, 1.807) is 12.4 Å². The van der Waals surface area contributed by atoms with Gasteiger partial charge in [-0.2, -0.15) is 0 Å². The Balaban J connectivity index is 2.43. The lowest BCUT2D eigenvalue weighted by molar-refractivity contribution is -0.121. The molecule has 17 heavy (non-hydrogen) atoms. The van der Waals surface area contributed by atoms with Crippen LogP contribution < -0.4 is 11.1 Å². The average Bonchev–Trinajstić information content (AvgIpc) is 2.28. The Bertz CT molecular complexity index is 338. The summed E-state index contributed by atoms with van der Waals surface area (Å²) in [4.78, 5) is 15.7. The van der Waals surface area contributed by atoms with Gasteiger partial charge in [-0.25, -0.2) is 0 Å². The zero-order valence-corrected chi connectivity index (χ0v) is 10.5. The zero-order valence-electron chi connectivity index (χ0n) is 10.5. The van der Waals surface area contributed by atoms with Crippen LogP contribution in [0.2, 0.25) is 0 Å². The standard InChI is InChI=1S/C13H21N3O/c1-10(2)7-12(9-14)16-13(17)8-11-3-5-15-6-4-11/h3-6,10,12H,7-9,14H2,1-2H3,(H,16,17). The minimum Gasteiger partial charge on any atom is -0.352 e. The maximum absolute atomic E-state index is 11.8. The van der Waals surface area contributed by atoms with E-state index in [-0.39, 0.29) is 11.9 Å². The summed E-state index contributed by atoms with van der Waals surface area (Å²) in [6.45, 7) is 4.73. The monoisotopic (exact) mass is 235 g/mol. The number of nitrogens with one attached hydrogen (secondary N) is 1. The molecule has 3 N–H and O–H groups in total. The van der Waals surface area contributed by atoms with Gasteiger partial charge in [0.25, 0.3) is 0 Å². The first-order valence-electron chi connectivity index (χ1n) is 6.00. The van der Waals surface area contributed by atoms with Crippen molar-refractivity contribution in [2.75, 3.05) is 6.54 Å². The van der Waals surface area contributed by atoms with Crippen LogP contribution in [0.5, 0.6) is 0 Å². The van der Waals surface area contributed by atoms with Crippen molar-refractivity contribution in [1.29, 1.82) is 0 Å². The number of hydrogen-bond donors (Lipinski definition) is 2. The van der Waals surface area contributed by atoms with Crippen molar-refractivity contribution >= 4 is 5.91 Å². The topological polar surface area (TPSA) is 68.0 Å². The van der Waals surface area contributed by atoms with E-state index in [0.29, 0.717) is 18.9 Å². The molecule has 1 unspecified atom stereocenters. The fourth-order valence-electron chi connectivity index (χ4n) is 1.75. The molecule has 1 heterocycles. The molecule has 0 aliphatic carbocycles. The minimum atomic E-state index is 0.0206. The van der Waals surface area contributed by atoms with E-state index < -0.39 is 0 Å². The molecule has 0 aliphatic heterocycles. The van der Waals surface area contributed by atoms with Crippen LogP contribution in [0.3, 0.4) is 0 Å². The Morgan fingerprint density at radius 3 is 2.59 bits per heavy atom. The predicted molar refractivity (Wildman–Crippen MR) is 68.4 cm³/mol. The molecule has 0 aliphatic rings. The first kappa shape index (κ1) is 13.6. The number of aromatic nitrogens is 1. The molecule has 0 aromatic carbocycles. The van der Waals surface area contributed by atoms with Crippen LogP contribution in [-0.2, 0) is 11.2 Å². The summed E-state index contributed by atoms with van der Waals surface area (Å²) in [5, 5.41) is 2.96. The van der Waals surface area contributed by atoms with Crippen LogP contribution in [0.25, 0.3) is 0 Å². The number of carbonyl (C=O) groups excluding carboxylic acids is 1. The summed E-state index contributed by atoms with van der Waals surface area (Å²) >= 11 is 0. The quantitative estimate of drug-likeness (QED) is 0.776. The van der Waals surface area contributed by atoms with E-state index in [4.69, 9.17) is 5.73 Å². The molecule has 0 saturated heterocycles. The van der Waals surface area contributed by atoms with Gasteiger partial charge in [-0.05, 0) is 30.0 Å². The highest BCUT2D eigenvalue weighted by atomic mass is 16.1. The maximum Gasteiger partial charge on any atom is 0.224 e. The van der Waals surface area contributed by atoms with Crippen molar-refractivity contribution in [1.82, 2.24) is 10.3 Å². The molecule has 0 spiro atoms. The highest BCUT2D eigenvalue weighted by Crippen LogP contribution is 2.04. The summed E-state index contributed by atoms with van der Waals surface area (Å²) in [6.07, 6.45) is 4.68. The van der Waals surface area contributed by atoms with Crippen LogP contribution in [0, 0.1) is 5.92 Å². The van der Waals surface area contributed by atoms with Gasteiger partial charge in [0.15, 0.2) is 0 Å². The highest BCUT2D eigenvalue weighted by molar-refractivity contribution is 5.78. The van der Waals surface area contributed by atoms with Gasteiger partial charge in [0.2, 0.25) is 5.91 Å². The summed E-state index contributed by atoms with van der Waals surface area (Å²) in [5.74, 6) is 0.553. The lowest BCUT2D eigenvalue weighted by atomic mass is 10.0. The Morgan fingerprint density at radius 2 is 2.06 bits per heavy atom. The van der Waals surface area contributed by atoms with Crippen LogP contribution in [0.15, 0.2) is 24.5 Å². The van der Waals surface area contributed by atoms with Crippen molar-refractivity contribution in [2.45, 2.75) is 32.7 Å². The van der Waals surface area contributed by atoms with E-state index in [1.807, 2.05) is 12.1 Å². The van der Waals surface area contributed by atoms with Crippen LogP contribution in [0.1, 0.15) is 25.8 Å². The van der Waals surface area contributed by atoms with Crippen LogP contribution >= 0.6 is 0 Å². The summed E-state index contributed by atoms with van der Waals surface area (Å²) in [7, 11) is 0. The van der Waals surface area contributed by atoms with E-state index >= 15 is 0 Å². The van der Waals surface area contributed by atoms with E-state index in [1.165, 1.54) is 0 Å². The summed E-state index contributed by atoms with van der Waals surface area (Å²) < 4.78 is 0. The molecule has 4 nitrogen and oxygen atoms in total.